The number of halogens is 1. The minimum Gasteiger partial charge on any atom is -0.395 e. The Hall–Kier alpha value is -1.14. The number of amides is 1. The fourth-order valence-electron chi connectivity index (χ4n) is 2.33. The minimum absolute atomic E-state index is 0.0480. The number of hydrogen-bond acceptors (Lipinski definition) is 3. The first-order chi connectivity index (χ1) is 10.1. The fourth-order valence-corrected chi connectivity index (χ4v) is 4.77. The Morgan fingerprint density at radius 1 is 1.32 bits per heavy atom. The quantitative estimate of drug-likeness (QED) is 0.568. The molecule has 6 heteroatoms. The zero-order chi connectivity index (χ0) is 16.7. The summed E-state index contributed by atoms with van der Waals surface area (Å²) >= 11 is 3.48. The van der Waals surface area contributed by atoms with Crippen molar-refractivity contribution in [2.45, 2.75) is 45.8 Å². The van der Waals surface area contributed by atoms with E-state index in [4.69, 9.17) is 4.84 Å². The number of hydrogen-bond donors (Lipinski definition) is 0. The maximum Gasteiger partial charge on any atom is 0.273 e. The van der Waals surface area contributed by atoms with E-state index in [9.17, 15) is 4.79 Å². The molecule has 0 N–H and O–H groups in total. The second-order valence-corrected chi connectivity index (χ2v) is 12.9. The topological polar surface area (TPSA) is 41.9 Å². The average Bonchev–Trinajstić information content (AvgIpc) is 2.67. The SMILES string of the molecule is CCO/N=C1/C(=O)N([Si](C)(C)C(C)(C)C)c2ccc(Br)cc21. The third-order valence-electron chi connectivity index (χ3n) is 4.54. The average molecular weight is 383 g/mol. The molecule has 0 saturated heterocycles. The van der Waals surface area contributed by atoms with E-state index >= 15 is 0 Å². The van der Waals surface area contributed by atoms with Crippen molar-refractivity contribution in [1.29, 1.82) is 0 Å². The lowest BCUT2D eigenvalue weighted by atomic mass is 10.1. The monoisotopic (exact) mass is 382 g/mol. The lowest BCUT2D eigenvalue weighted by Crippen LogP contribution is -2.57. The molecule has 0 saturated carbocycles. The molecule has 0 unspecified atom stereocenters. The molecule has 120 valence electrons. The van der Waals surface area contributed by atoms with Gasteiger partial charge in [0.2, 0.25) is 0 Å². The predicted octanol–water partition coefficient (Wildman–Crippen LogP) is 4.54. The Kier molecular flexibility index (Phi) is 4.55. The van der Waals surface area contributed by atoms with Crippen LogP contribution in [0.2, 0.25) is 18.1 Å². The van der Waals surface area contributed by atoms with Gasteiger partial charge in [-0.3, -0.25) is 4.79 Å². The molecule has 1 heterocycles. The van der Waals surface area contributed by atoms with Crippen LogP contribution in [-0.4, -0.2) is 26.5 Å². The first-order valence-electron chi connectivity index (χ1n) is 7.45. The highest BCUT2D eigenvalue weighted by Gasteiger charge is 2.49. The van der Waals surface area contributed by atoms with Crippen molar-refractivity contribution in [3.63, 3.8) is 0 Å². The zero-order valence-corrected chi connectivity index (χ0v) is 16.6. The molecule has 0 fully saturated rings. The van der Waals surface area contributed by atoms with Crippen molar-refractivity contribution in [1.82, 2.24) is 0 Å². The Balaban J connectivity index is 2.63. The molecule has 0 spiro atoms. The van der Waals surface area contributed by atoms with Gasteiger partial charge >= 0.3 is 0 Å². The normalized spacial score (nSPS) is 17.1. The summed E-state index contributed by atoms with van der Waals surface area (Å²) in [5, 5.41) is 4.13. The van der Waals surface area contributed by atoms with Gasteiger partial charge in [-0.2, -0.15) is 0 Å². The first-order valence-corrected chi connectivity index (χ1v) is 11.2. The van der Waals surface area contributed by atoms with Gasteiger partial charge in [-0.1, -0.05) is 55.0 Å². The van der Waals surface area contributed by atoms with Gasteiger partial charge in [0.1, 0.15) is 6.61 Å². The van der Waals surface area contributed by atoms with Crippen LogP contribution in [0.25, 0.3) is 0 Å². The molecule has 1 aliphatic rings. The Bertz CT molecular complexity index is 636. The molecule has 0 bridgehead atoms. The van der Waals surface area contributed by atoms with E-state index in [1.165, 1.54) is 0 Å². The van der Waals surface area contributed by atoms with Crippen LogP contribution in [0.5, 0.6) is 0 Å². The largest absolute Gasteiger partial charge is 0.395 e. The third-order valence-corrected chi connectivity index (χ3v) is 10.3. The van der Waals surface area contributed by atoms with Gasteiger partial charge in [-0.15, -0.1) is 0 Å². The standard InChI is InChI=1S/C16H23BrN2O2Si/c1-7-21-18-14-12-10-11(17)8-9-13(12)19(15(14)20)22(5,6)16(2,3)4/h8-10H,7H2,1-6H3/b18-14+. The maximum atomic E-state index is 13.0. The van der Waals surface area contributed by atoms with Crippen molar-refractivity contribution in [2.24, 2.45) is 5.16 Å². The number of nitrogens with zero attached hydrogens (tertiary/aromatic N) is 2. The molecular weight excluding hydrogens is 360 g/mol. The maximum absolute atomic E-state index is 13.0. The highest BCUT2D eigenvalue weighted by molar-refractivity contribution is 9.10. The van der Waals surface area contributed by atoms with E-state index in [0.717, 1.165) is 15.7 Å². The molecule has 4 nitrogen and oxygen atoms in total. The molecular formula is C16H23BrN2O2Si. The minimum atomic E-state index is -2.05. The van der Waals surface area contributed by atoms with Gasteiger partial charge in [0.15, 0.2) is 13.9 Å². The van der Waals surface area contributed by atoms with Crippen LogP contribution in [0.4, 0.5) is 5.69 Å². The predicted molar refractivity (Wildman–Crippen MR) is 97.0 cm³/mol. The number of carbonyl (C=O) groups excluding carboxylic acids is 1. The number of benzene rings is 1. The summed E-state index contributed by atoms with van der Waals surface area (Å²) in [6.07, 6.45) is 0. The highest BCUT2D eigenvalue weighted by Crippen LogP contribution is 2.44. The van der Waals surface area contributed by atoms with E-state index in [1.54, 1.807) is 0 Å². The van der Waals surface area contributed by atoms with E-state index in [-0.39, 0.29) is 10.9 Å². The van der Waals surface area contributed by atoms with Gasteiger partial charge in [0.25, 0.3) is 5.91 Å². The molecule has 1 aliphatic heterocycles. The fraction of sp³-hybridized carbons (Fsp3) is 0.500. The summed E-state index contributed by atoms with van der Waals surface area (Å²) in [7, 11) is -2.05. The molecule has 0 atom stereocenters. The number of carbonyl (C=O) groups is 1. The van der Waals surface area contributed by atoms with Crippen LogP contribution in [0.1, 0.15) is 33.3 Å². The second kappa shape index (κ2) is 5.81. The Morgan fingerprint density at radius 3 is 2.50 bits per heavy atom. The lowest BCUT2D eigenvalue weighted by Gasteiger charge is -2.43. The molecule has 1 amide bonds. The van der Waals surface area contributed by atoms with Gasteiger partial charge < -0.3 is 9.40 Å². The van der Waals surface area contributed by atoms with Crippen LogP contribution in [-0.2, 0) is 9.63 Å². The number of rotatable bonds is 3. The van der Waals surface area contributed by atoms with Crippen LogP contribution >= 0.6 is 15.9 Å². The second-order valence-electron chi connectivity index (χ2n) is 6.97. The van der Waals surface area contributed by atoms with Gasteiger partial charge in [0.05, 0.1) is 0 Å². The van der Waals surface area contributed by atoms with Crippen LogP contribution in [0, 0.1) is 0 Å². The zero-order valence-electron chi connectivity index (χ0n) is 14.0. The molecule has 1 aromatic rings. The molecule has 0 radical (unpaired) electrons. The van der Waals surface area contributed by atoms with Crippen molar-refractivity contribution in [3.8, 4) is 0 Å². The van der Waals surface area contributed by atoms with Crippen LogP contribution in [0.15, 0.2) is 27.8 Å². The Morgan fingerprint density at radius 2 is 1.95 bits per heavy atom. The summed E-state index contributed by atoms with van der Waals surface area (Å²) in [5.74, 6) is -0.0480. The van der Waals surface area contributed by atoms with E-state index < -0.39 is 8.24 Å². The molecule has 22 heavy (non-hydrogen) atoms. The van der Waals surface area contributed by atoms with Gasteiger partial charge in [-0.25, -0.2) is 0 Å². The van der Waals surface area contributed by atoms with Crippen molar-refractivity contribution < 1.29 is 9.63 Å². The van der Waals surface area contributed by atoms with Crippen LogP contribution in [0.3, 0.4) is 0 Å². The molecule has 1 aromatic carbocycles. The van der Waals surface area contributed by atoms with E-state index in [0.29, 0.717) is 12.3 Å². The van der Waals surface area contributed by atoms with Gasteiger partial charge in [-0.05, 0) is 30.2 Å². The highest BCUT2D eigenvalue weighted by atomic mass is 79.9. The first kappa shape index (κ1) is 17.2. The van der Waals surface area contributed by atoms with Gasteiger partial charge in [0, 0.05) is 15.7 Å². The van der Waals surface area contributed by atoms with Crippen molar-refractivity contribution in [2.75, 3.05) is 11.2 Å². The smallest absolute Gasteiger partial charge is 0.273 e. The van der Waals surface area contributed by atoms with Crippen molar-refractivity contribution in [3.05, 3.63) is 28.2 Å². The molecule has 0 aliphatic carbocycles. The number of fused-ring (bicyclic) bond motifs is 1. The summed E-state index contributed by atoms with van der Waals surface area (Å²) in [5.41, 5.74) is 2.19. The molecule has 2 rings (SSSR count). The third kappa shape index (κ3) is 2.74. The summed E-state index contributed by atoms with van der Waals surface area (Å²) in [4.78, 5) is 18.2. The summed E-state index contributed by atoms with van der Waals surface area (Å²) < 4.78 is 2.91. The van der Waals surface area contributed by atoms with Crippen LogP contribution < -0.4 is 4.57 Å². The summed E-state index contributed by atoms with van der Waals surface area (Å²) in [6.45, 7) is 13.3. The van der Waals surface area contributed by atoms with Crippen molar-refractivity contribution >= 4 is 41.5 Å². The van der Waals surface area contributed by atoms with E-state index in [2.05, 4.69) is 55.0 Å². The number of oxime groups is 1. The van der Waals surface area contributed by atoms with E-state index in [1.807, 2.05) is 29.7 Å². The number of anilines is 1. The lowest BCUT2D eigenvalue weighted by molar-refractivity contribution is -0.111. The Labute approximate surface area is 141 Å². The molecule has 0 aromatic heterocycles. The summed E-state index contributed by atoms with van der Waals surface area (Å²) in [6, 6.07) is 5.90.